The van der Waals surface area contributed by atoms with E-state index in [1.165, 1.54) is 24.3 Å². The zero-order chi connectivity index (χ0) is 22.9. The molecule has 32 heavy (non-hydrogen) atoms. The number of rotatable bonds is 6. The molecule has 0 radical (unpaired) electrons. The van der Waals surface area contributed by atoms with Crippen molar-refractivity contribution < 1.29 is 18.0 Å². The zero-order valence-corrected chi connectivity index (χ0v) is 18.4. The number of hydrogen-bond acceptors (Lipinski definition) is 1. The number of benzene rings is 3. The van der Waals surface area contributed by atoms with Gasteiger partial charge in [-0.2, -0.15) is 13.2 Å². The summed E-state index contributed by atoms with van der Waals surface area (Å²) in [5.41, 5.74) is 1.55. The Morgan fingerprint density at radius 3 is 2.31 bits per heavy atom. The molecule has 2 nitrogen and oxygen atoms in total. The monoisotopic (exact) mass is 477 g/mol. The molecule has 166 valence electrons. The maximum Gasteiger partial charge on any atom is 0.399 e. The van der Waals surface area contributed by atoms with Crippen LogP contribution in [0.2, 0.25) is 10.0 Å². The van der Waals surface area contributed by atoms with Crippen LogP contribution in [0.15, 0.2) is 60.7 Å². The maximum atomic E-state index is 13.8. The van der Waals surface area contributed by atoms with Crippen LogP contribution in [0.1, 0.15) is 35.4 Å². The first-order chi connectivity index (χ1) is 15.2. The van der Waals surface area contributed by atoms with E-state index in [4.69, 9.17) is 23.2 Å². The van der Waals surface area contributed by atoms with Crippen molar-refractivity contribution in [2.24, 2.45) is 5.92 Å². The molecule has 1 fully saturated rings. The molecule has 1 atom stereocenters. The van der Waals surface area contributed by atoms with E-state index in [1.54, 1.807) is 6.07 Å². The lowest BCUT2D eigenvalue weighted by Crippen LogP contribution is -2.24. The minimum absolute atomic E-state index is 0.0186. The number of alkyl halides is 3. The van der Waals surface area contributed by atoms with E-state index in [0.29, 0.717) is 12.1 Å². The van der Waals surface area contributed by atoms with Crippen LogP contribution in [0.3, 0.4) is 0 Å². The van der Waals surface area contributed by atoms with Crippen LogP contribution in [0.4, 0.5) is 13.2 Å². The van der Waals surface area contributed by atoms with Gasteiger partial charge in [0.2, 0.25) is 5.91 Å². The van der Waals surface area contributed by atoms with Gasteiger partial charge in [0.15, 0.2) is 0 Å². The van der Waals surface area contributed by atoms with Crippen LogP contribution < -0.4 is 5.32 Å². The second-order valence-electron chi connectivity index (χ2n) is 7.93. The molecule has 0 bridgehead atoms. The quantitative estimate of drug-likeness (QED) is 0.390. The number of halogens is 5. The van der Waals surface area contributed by atoms with Crippen molar-refractivity contribution >= 4 is 46.0 Å². The van der Waals surface area contributed by atoms with Crippen LogP contribution in [0.5, 0.6) is 0 Å². The third kappa shape index (κ3) is 5.28. The summed E-state index contributed by atoms with van der Waals surface area (Å²) in [4.78, 5) is 12.0. The number of nitrogens with one attached hydrogen (secondary N) is 1. The minimum atomic E-state index is -4.51. The van der Waals surface area contributed by atoms with Crippen LogP contribution in [-0.4, -0.2) is 12.1 Å². The molecule has 1 unspecified atom stereocenters. The van der Waals surface area contributed by atoms with Gasteiger partial charge in [0, 0.05) is 22.5 Å². The van der Waals surface area contributed by atoms with Gasteiger partial charge in [0.1, 0.15) is 0 Å². The molecule has 0 heterocycles. The van der Waals surface area contributed by atoms with E-state index >= 15 is 0 Å². The van der Waals surface area contributed by atoms with Crippen LogP contribution >= 0.6 is 23.2 Å². The second kappa shape index (κ2) is 9.16. The Hall–Kier alpha value is -2.50. The van der Waals surface area contributed by atoms with Gasteiger partial charge in [0.25, 0.3) is 0 Å². The van der Waals surface area contributed by atoms with Crippen LogP contribution in [0, 0.1) is 5.92 Å². The molecule has 1 saturated carbocycles. The van der Waals surface area contributed by atoms with E-state index in [0.717, 1.165) is 35.3 Å². The molecular formula is C25H20Cl2F3NO. The van der Waals surface area contributed by atoms with Crippen molar-refractivity contribution in [1.29, 1.82) is 0 Å². The smallest absolute Gasteiger partial charge is 0.352 e. The second-order valence-corrected chi connectivity index (χ2v) is 8.81. The summed E-state index contributed by atoms with van der Waals surface area (Å²) in [5, 5.41) is 4.95. The fourth-order valence-corrected chi connectivity index (χ4v) is 4.26. The predicted octanol–water partition coefficient (Wildman–Crippen LogP) is 7.53. The van der Waals surface area contributed by atoms with E-state index in [9.17, 15) is 18.0 Å². The maximum absolute atomic E-state index is 13.8. The van der Waals surface area contributed by atoms with Gasteiger partial charge in [-0.3, -0.25) is 4.79 Å². The first kappa shape index (κ1) is 22.7. The number of fused-ring (bicyclic) bond motifs is 1. The largest absolute Gasteiger partial charge is 0.399 e. The van der Waals surface area contributed by atoms with Crippen molar-refractivity contribution in [3.05, 3.63) is 87.4 Å². The Kier molecular flexibility index (Phi) is 6.50. The Bertz CT molecular complexity index is 1170. The third-order valence-electron chi connectivity index (χ3n) is 5.51. The van der Waals surface area contributed by atoms with Gasteiger partial charge >= 0.3 is 6.18 Å². The van der Waals surface area contributed by atoms with Gasteiger partial charge in [0.05, 0.1) is 5.92 Å². The molecule has 3 aromatic rings. The lowest BCUT2D eigenvalue weighted by Gasteiger charge is -2.18. The minimum Gasteiger partial charge on any atom is -0.352 e. The summed E-state index contributed by atoms with van der Waals surface area (Å²) in [6.07, 6.45) is -0.0590. The lowest BCUT2D eigenvalue weighted by atomic mass is 9.95. The Morgan fingerprint density at radius 2 is 1.69 bits per heavy atom. The Labute approximate surface area is 194 Å². The topological polar surface area (TPSA) is 29.1 Å². The molecule has 0 spiro atoms. The summed E-state index contributed by atoms with van der Waals surface area (Å²) in [7, 11) is 0. The molecular weight excluding hydrogens is 458 g/mol. The molecule has 1 N–H and O–H groups in total. The van der Waals surface area contributed by atoms with Gasteiger partial charge in [-0.1, -0.05) is 71.8 Å². The summed E-state index contributed by atoms with van der Waals surface area (Å²) in [6.45, 7) is 0.381. The average Bonchev–Trinajstić information content (AvgIpc) is 3.56. The first-order valence-corrected chi connectivity index (χ1v) is 11.0. The zero-order valence-electron chi connectivity index (χ0n) is 16.9. The van der Waals surface area contributed by atoms with Crippen LogP contribution in [0.25, 0.3) is 16.8 Å². The molecule has 7 heteroatoms. The molecule has 0 saturated heterocycles. The van der Waals surface area contributed by atoms with E-state index in [1.807, 2.05) is 30.3 Å². The van der Waals surface area contributed by atoms with Crippen molar-refractivity contribution in [2.45, 2.75) is 31.5 Å². The standard InChI is InChI=1S/C25H20Cl2F3NO/c26-19-11-18(12-20(27)13-19)23(25(28,29)30)10-9-15-5-8-17(14-31-24(32)16-6-7-16)22-4-2-1-3-21(15)22/h1-5,8-13,16,23H,6-7,14H2,(H,31,32). The molecule has 4 rings (SSSR count). The summed E-state index contributed by atoms with van der Waals surface area (Å²) in [6, 6.07) is 15.0. The van der Waals surface area contributed by atoms with Crippen molar-refractivity contribution in [3.63, 3.8) is 0 Å². The predicted molar refractivity (Wildman–Crippen MR) is 123 cm³/mol. The number of carbonyl (C=O) groups excluding carboxylic acids is 1. The molecule has 0 aliphatic heterocycles. The molecule has 3 aromatic carbocycles. The SMILES string of the molecule is O=C(NCc1ccc(C=CC(c2cc(Cl)cc(Cl)c2)C(F)(F)F)c2ccccc12)C1CC1. The number of amides is 1. The Balaban J connectivity index is 1.66. The highest BCUT2D eigenvalue weighted by Gasteiger charge is 2.39. The fourth-order valence-electron chi connectivity index (χ4n) is 3.72. The number of hydrogen-bond donors (Lipinski definition) is 1. The van der Waals surface area contributed by atoms with E-state index in [2.05, 4.69) is 5.32 Å². The highest BCUT2D eigenvalue weighted by molar-refractivity contribution is 6.34. The Morgan fingerprint density at radius 1 is 1.03 bits per heavy atom. The van der Waals surface area contributed by atoms with Gasteiger partial charge < -0.3 is 5.32 Å². The first-order valence-electron chi connectivity index (χ1n) is 10.2. The molecule has 1 amide bonds. The number of allylic oxidation sites excluding steroid dienone is 1. The van der Waals surface area contributed by atoms with E-state index in [-0.39, 0.29) is 27.4 Å². The number of carbonyl (C=O) groups is 1. The summed E-state index contributed by atoms with van der Waals surface area (Å²) in [5.74, 6) is -1.69. The summed E-state index contributed by atoms with van der Waals surface area (Å²) >= 11 is 11.9. The van der Waals surface area contributed by atoms with Crippen molar-refractivity contribution in [3.8, 4) is 0 Å². The van der Waals surface area contributed by atoms with Crippen LogP contribution in [-0.2, 0) is 11.3 Å². The molecule has 1 aliphatic rings. The summed E-state index contributed by atoms with van der Waals surface area (Å²) < 4.78 is 41.5. The molecule has 1 aliphatic carbocycles. The highest BCUT2D eigenvalue weighted by Crippen LogP contribution is 2.39. The average molecular weight is 478 g/mol. The van der Waals surface area contributed by atoms with Gasteiger partial charge in [-0.05, 0) is 58.5 Å². The normalized spacial score (nSPS) is 15.3. The molecule has 0 aromatic heterocycles. The van der Waals surface area contributed by atoms with Crippen molar-refractivity contribution in [1.82, 2.24) is 5.32 Å². The van der Waals surface area contributed by atoms with Gasteiger partial charge in [-0.15, -0.1) is 0 Å². The highest BCUT2D eigenvalue weighted by atomic mass is 35.5. The fraction of sp³-hybridized carbons (Fsp3) is 0.240. The lowest BCUT2D eigenvalue weighted by molar-refractivity contribution is -0.139. The third-order valence-corrected chi connectivity index (χ3v) is 5.95. The van der Waals surface area contributed by atoms with Gasteiger partial charge in [-0.25, -0.2) is 0 Å². The van der Waals surface area contributed by atoms with Crippen molar-refractivity contribution in [2.75, 3.05) is 0 Å². The van der Waals surface area contributed by atoms with E-state index < -0.39 is 12.1 Å².